The van der Waals surface area contributed by atoms with Crippen molar-refractivity contribution in [2.45, 2.75) is 23.2 Å². The van der Waals surface area contributed by atoms with Crippen LogP contribution in [0.2, 0.25) is 0 Å². The molecule has 1 aliphatic rings. The van der Waals surface area contributed by atoms with Crippen LogP contribution in [0.25, 0.3) is 0 Å². The highest BCUT2D eigenvalue weighted by molar-refractivity contribution is 5.47. The van der Waals surface area contributed by atoms with Crippen LogP contribution in [0, 0.1) is 0 Å². The SMILES string of the molecule is FC(F)=C(F)C1(F)C(F)(F)C(F)(F)C1(F)C(F)=C(F)F. The number of alkyl halides is 6. The zero-order valence-corrected chi connectivity index (χ0v) is 8.54. The zero-order chi connectivity index (χ0) is 16.3. The van der Waals surface area contributed by atoms with E-state index in [0.717, 1.165) is 0 Å². The van der Waals surface area contributed by atoms with Crippen molar-refractivity contribution in [3.05, 3.63) is 23.8 Å². The molecule has 20 heavy (non-hydrogen) atoms. The van der Waals surface area contributed by atoms with Gasteiger partial charge in [0.2, 0.25) is 11.7 Å². The molecular formula is C8F12. The van der Waals surface area contributed by atoms with E-state index in [2.05, 4.69) is 0 Å². The summed E-state index contributed by atoms with van der Waals surface area (Å²) in [6, 6.07) is 0. The van der Waals surface area contributed by atoms with Gasteiger partial charge < -0.3 is 0 Å². The van der Waals surface area contributed by atoms with Crippen molar-refractivity contribution in [2.75, 3.05) is 0 Å². The van der Waals surface area contributed by atoms with Gasteiger partial charge in [-0.2, -0.15) is 35.1 Å². The fraction of sp³-hybridized carbons (Fsp3) is 0.500. The fourth-order valence-corrected chi connectivity index (χ4v) is 1.64. The molecule has 0 N–H and O–H groups in total. The molecule has 0 bridgehead atoms. The molecule has 0 spiro atoms. The van der Waals surface area contributed by atoms with Gasteiger partial charge in [0, 0.05) is 0 Å². The Hall–Kier alpha value is -1.36. The lowest BCUT2D eigenvalue weighted by molar-refractivity contribution is -0.422. The molecule has 1 fully saturated rings. The van der Waals surface area contributed by atoms with Crippen molar-refractivity contribution in [1.82, 2.24) is 0 Å². The Labute approximate surface area is 101 Å². The summed E-state index contributed by atoms with van der Waals surface area (Å²) in [4.78, 5) is 0. The molecule has 0 heterocycles. The molecule has 2 unspecified atom stereocenters. The van der Waals surface area contributed by atoms with Gasteiger partial charge in [0.1, 0.15) is 0 Å². The van der Waals surface area contributed by atoms with E-state index in [4.69, 9.17) is 0 Å². The third kappa shape index (κ3) is 1.36. The zero-order valence-electron chi connectivity index (χ0n) is 8.54. The van der Waals surface area contributed by atoms with Gasteiger partial charge >= 0.3 is 24.0 Å². The smallest absolute Gasteiger partial charge is 0.224 e. The van der Waals surface area contributed by atoms with Crippen LogP contribution < -0.4 is 0 Å². The highest BCUT2D eigenvalue weighted by atomic mass is 19.3. The first-order chi connectivity index (χ1) is 8.71. The van der Waals surface area contributed by atoms with Gasteiger partial charge in [-0.05, 0) is 0 Å². The summed E-state index contributed by atoms with van der Waals surface area (Å²) in [5.74, 6) is -21.2. The van der Waals surface area contributed by atoms with E-state index in [0.29, 0.717) is 0 Å². The summed E-state index contributed by atoms with van der Waals surface area (Å²) >= 11 is 0. The van der Waals surface area contributed by atoms with E-state index in [1.807, 2.05) is 0 Å². The Morgan fingerprint density at radius 2 is 0.650 bits per heavy atom. The van der Waals surface area contributed by atoms with Crippen LogP contribution >= 0.6 is 0 Å². The van der Waals surface area contributed by atoms with Crippen molar-refractivity contribution in [1.29, 1.82) is 0 Å². The Balaban J connectivity index is 3.74. The van der Waals surface area contributed by atoms with Crippen molar-refractivity contribution in [3.63, 3.8) is 0 Å². The monoisotopic (exact) mass is 324 g/mol. The molecule has 12 heteroatoms. The van der Waals surface area contributed by atoms with E-state index < -0.39 is 47.0 Å². The predicted octanol–water partition coefficient (Wildman–Crippen LogP) is 4.84. The molecule has 1 aliphatic carbocycles. The molecule has 0 aromatic heterocycles. The molecule has 1 rings (SSSR count). The summed E-state index contributed by atoms with van der Waals surface area (Å²) in [7, 11) is 0. The minimum Gasteiger partial charge on any atom is -0.224 e. The molecule has 0 radical (unpaired) electrons. The maximum absolute atomic E-state index is 13.4. The first-order valence-corrected chi connectivity index (χ1v) is 4.27. The van der Waals surface area contributed by atoms with Crippen LogP contribution in [0.5, 0.6) is 0 Å². The summed E-state index contributed by atoms with van der Waals surface area (Å²) < 4.78 is 150. The van der Waals surface area contributed by atoms with Gasteiger partial charge in [0.05, 0.1) is 0 Å². The summed E-state index contributed by atoms with van der Waals surface area (Å²) in [6.45, 7) is 0. The second-order valence-corrected chi connectivity index (χ2v) is 3.61. The number of halogens is 12. The van der Waals surface area contributed by atoms with Crippen molar-refractivity contribution in [2.24, 2.45) is 0 Å². The normalized spacial score (nSPS) is 34.2. The van der Waals surface area contributed by atoms with E-state index in [-0.39, 0.29) is 0 Å². The summed E-state index contributed by atoms with van der Waals surface area (Å²) in [5, 5.41) is 0. The highest BCUT2D eigenvalue weighted by Crippen LogP contribution is 2.73. The molecule has 2 atom stereocenters. The molecule has 0 aromatic carbocycles. The van der Waals surface area contributed by atoms with E-state index in [1.165, 1.54) is 0 Å². The molecule has 0 nitrogen and oxygen atoms in total. The molecule has 0 aliphatic heterocycles. The maximum Gasteiger partial charge on any atom is 0.357 e. The molecule has 0 aromatic rings. The Bertz CT molecular complexity index is 450. The number of hydrogen-bond acceptors (Lipinski definition) is 0. The second kappa shape index (κ2) is 4.07. The quantitative estimate of drug-likeness (QED) is 0.638. The standard InChI is InChI=1S/C8F12/c9-1(3(11)12)5(15)6(16,2(10)4(13)14)8(19,20)7(5,17)18. The third-order valence-electron chi connectivity index (χ3n) is 2.67. The average Bonchev–Trinajstić information content (AvgIpc) is 2.33. The number of rotatable bonds is 2. The molecule has 1 saturated carbocycles. The van der Waals surface area contributed by atoms with Crippen LogP contribution in [0.15, 0.2) is 23.8 Å². The fourth-order valence-electron chi connectivity index (χ4n) is 1.64. The van der Waals surface area contributed by atoms with Crippen molar-refractivity contribution >= 4 is 0 Å². The largest absolute Gasteiger partial charge is 0.357 e. The lowest BCUT2D eigenvalue weighted by atomic mass is 9.60. The van der Waals surface area contributed by atoms with Gasteiger partial charge in [-0.1, -0.05) is 0 Å². The van der Waals surface area contributed by atoms with Crippen LogP contribution in [-0.4, -0.2) is 23.2 Å². The maximum atomic E-state index is 13.4. The molecule has 0 amide bonds. The van der Waals surface area contributed by atoms with Crippen LogP contribution in [0.1, 0.15) is 0 Å². The Morgan fingerprint density at radius 1 is 0.450 bits per heavy atom. The van der Waals surface area contributed by atoms with Gasteiger partial charge in [0.15, 0.2) is 0 Å². The minimum absolute atomic E-state index is 4.03. The van der Waals surface area contributed by atoms with Crippen LogP contribution in [0.4, 0.5) is 52.7 Å². The van der Waals surface area contributed by atoms with Gasteiger partial charge in [-0.15, -0.1) is 0 Å². The van der Waals surface area contributed by atoms with Gasteiger partial charge in [-0.25, -0.2) is 17.6 Å². The average molecular weight is 324 g/mol. The predicted molar refractivity (Wildman–Crippen MR) is 38.3 cm³/mol. The van der Waals surface area contributed by atoms with Crippen molar-refractivity contribution < 1.29 is 52.7 Å². The first-order valence-electron chi connectivity index (χ1n) is 4.27. The number of hydrogen-bond donors (Lipinski definition) is 0. The Morgan fingerprint density at radius 3 is 0.800 bits per heavy atom. The lowest BCUT2D eigenvalue weighted by Gasteiger charge is -2.56. The van der Waals surface area contributed by atoms with E-state index in [9.17, 15) is 52.7 Å². The molecule has 116 valence electrons. The Kier molecular flexibility index (Phi) is 3.40. The summed E-state index contributed by atoms with van der Waals surface area (Å²) in [6.07, 6.45) is -8.06. The highest BCUT2D eigenvalue weighted by Gasteiger charge is 3.02. The van der Waals surface area contributed by atoms with Crippen LogP contribution in [0.3, 0.4) is 0 Å². The van der Waals surface area contributed by atoms with Gasteiger partial charge in [-0.3, -0.25) is 0 Å². The lowest BCUT2D eigenvalue weighted by Crippen LogP contribution is -2.86. The summed E-state index contributed by atoms with van der Waals surface area (Å²) in [5.41, 5.74) is -12.6. The number of allylic oxidation sites excluding steroid dienone is 2. The molecular weight excluding hydrogens is 324 g/mol. The first kappa shape index (κ1) is 16.7. The minimum atomic E-state index is -6.52. The second-order valence-electron chi connectivity index (χ2n) is 3.61. The van der Waals surface area contributed by atoms with Crippen LogP contribution in [-0.2, 0) is 0 Å². The van der Waals surface area contributed by atoms with Gasteiger partial charge in [0.25, 0.3) is 11.3 Å². The molecule has 0 saturated heterocycles. The van der Waals surface area contributed by atoms with E-state index in [1.54, 1.807) is 0 Å². The van der Waals surface area contributed by atoms with E-state index >= 15 is 0 Å². The topological polar surface area (TPSA) is 0 Å². The van der Waals surface area contributed by atoms with Crippen molar-refractivity contribution in [3.8, 4) is 0 Å². The third-order valence-corrected chi connectivity index (χ3v) is 2.67.